The maximum Gasteiger partial charge on any atom is 0.310 e. The maximum absolute atomic E-state index is 10.9. The van der Waals surface area contributed by atoms with Gasteiger partial charge in [-0.2, -0.15) is 0 Å². The standard InChI is InChI=1S/C7H7Cl2N3O2/c1-14-4(13)2-3-5(8)11-7(10)12-6(3)9/h2H2,1H3,(H2,10,11,12). The molecule has 1 rings (SSSR count). The summed E-state index contributed by atoms with van der Waals surface area (Å²) >= 11 is 11.4. The van der Waals surface area contributed by atoms with Crippen molar-refractivity contribution >= 4 is 35.1 Å². The fourth-order valence-electron chi connectivity index (χ4n) is 0.809. The summed E-state index contributed by atoms with van der Waals surface area (Å²) in [5.74, 6) is -0.504. The van der Waals surface area contributed by atoms with Crippen LogP contribution in [0.25, 0.3) is 0 Å². The summed E-state index contributed by atoms with van der Waals surface area (Å²) in [5.41, 5.74) is 5.60. The monoisotopic (exact) mass is 235 g/mol. The van der Waals surface area contributed by atoms with Crippen LogP contribution in [0.2, 0.25) is 10.3 Å². The molecule has 0 amide bonds. The number of aromatic nitrogens is 2. The van der Waals surface area contributed by atoms with E-state index in [0.717, 1.165) is 0 Å². The Kier molecular flexibility index (Phi) is 3.49. The first kappa shape index (κ1) is 11.0. The molecule has 1 heterocycles. The van der Waals surface area contributed by atoms with Gasteiger partial charge in [-0.25, -0.2) is 9.97 Å². The minimum absolute atomic E-state index is 0.0337. The molecule has 0 saturated carbocycles. The molecule has 1 aromatic heterocycles. The lowest BCUT2D eigenvalue weighted by molar-refractivity contribution is -0.139. The van der Waals surface area contributed by atoms with Gasteiger partial charge >= 0.3 is 5.97 Å². The Labute approximate surface area is 90.2 Å². The molecule has 1 aromatic rings. The topological polar surface area (TPSA) is 78.1 Å². The van der Waals surface area contributed by atoms with Gasteiger partial charge in [0.25, 0.3) is 0 Å². The van der Waals surface area contributed by atoms with Crippen molar-refractivity contribution in [2.24, 2.45) is 0 Å². The van der Waals surface area contributed by atoms with Crippen molar-refractivity contribution in [1.29, 1.82) is 0 Å². The fraction of sp³-hybridized carbons (Fsp3) is 0.286. The number of methoxy groups -OCH3 is 1. The van der Waals surface area contributed by atoms with Gasteiger partial charge in [0.05, 0.1) is 13.5 Å². The third-order valence-electron chi connectivity index (χ3n) is 1.47. The number of nitrogens with zero attached hydrogens (tertiary/aromatic N) is 2. The van der Waals surface area contributed by atoms with Crippen molar-refractivity contribution in [2.45, 2.75) is 6.42 Å². The molecular weight excluding hydrogens is 229 g/mol. The van der Waals surface area contributed by atoms with E-state index in [1.54, 1.807) is 0 Å². The SMILES string of the molecule is COC(=O)Cc1c(Cl)nc(N)nc1Cl. The Morgan fingerprint density at radius 3 is 2.36 bits per heavy atom. The molecule has 0 unspecified atom stereocenters. The first-order chi connectivity index (χ1) is 6.54. The Bertz CT molecular complexity index is 347. The first-order valence-electron chi connectivity index (χ1n) is 3.58. The maximum atomic E-state index is 10.9. The normalized spacial score (nSPS) is 9.93. The first-order valence-corrected chi connectivity index (χ1v) is 4.34. The average molecular weight is 236 g/mol. The van der Waals surface area contributed by atoms with Gasteiger partial charge < -0.3 is 10.5 Å². The summed E-state index contributed by atoms with van der Waals surface area (Å²) in [4.78, 5) is 18.3. The highest BCUT2D eigenvalue weighted by atomic mass is 35.5. The third kappa shape index (κ3) is 2.46. The van der Waals surface area contributed by atoms with Gasteiger partial charge in [0.2, 0.25) is 5.95 Å². The second-order valence-electron chi connectivity index (χ2n) is 2.39. The third-order valence-corrected chi connectivity index (χ3v) is 2.10. The molecule has 76 valence electrons. The van der Waals surface area contributed by atoms with E-state index in [1.807, 2.05) is 0 Å². The number of hydrogen-bond donors (Lipinski definition) is 1. The van der Waals surface area contributed by atoms with Crippen LogP contribution in [0.1, 0.15) is 5.56 Å². The summed E-state index contributed by atoms with van der Waals surface area (Å²) in [6.07, 6.45) is -0.0750. The molecule has 0 aromatic carbocycles. The Morgan fingerprint density at radius 1 is 1.43 bits per heavy atom. The molecule has 0 radical (unpaired) electrons. The molecule has 0 aliphatic carbocycles. The summed E-state index contributed by atoms with van der Waals surface area (Å²) in [6, 6.07) is 0. The number of carbonyl (C=O) groups is 1. The van der Waals surface area contributed by atoms with E-state index in [4.69, 9.17) is 28.9 Å². The predicted molar refractivity (Wildman–Crippen MR) is 52.2 cm³/mol. The van der Waals surface area contributed by atoms with E-state index in [0.29, 0.717) is 5.56 Å². The number of nitrogen functional groups attached to an aromatic ring is 1. The molecular formula is C7H7Cl2N3O2. The number of esters is 1. The zero-order valence-corrected chi connectivity index (χ0v) is 8.76. The lowest BCUT2D eigenvalue weighted by atomic mass is 10.2. The molecule has 14 heavy (non-hydrogen) atoms. The number of carbonyl (C=O) groups excluding carboxylic acids is 1. The Hall–Kier alpha value is -1.07. The van der Waals surface area contributed by atoms with Crippen molar-refractivity contribution < 1.29 is 9.53 Å². The fourth-order valence-corrected chi connectivity index (χ4v) is 1.34. The van der Waals surface area contributed by atoms with Crippen LogP contribution in [0, 0.1) is 0 Å². The molecule has 2 N–H and O–H groups in total. The van der Waals surface area contributed by atoms with Crippen LogP contribution in [0.5, 0.6) is 0 Å². The van der Waals surface area contributed by atoms with Crippen LogP contribution < -0.4 is 5.73 Å². The Balaban J connectivity index is 3.02. The van der Waals surface area contributed by atoms with Gasteiger partial charge in [0.1, 0.15) is 10.3 Å². The van der Waals surface area contributed by atoms with Crippen molar-refractivity contribution in [2.75, 3.05) is 12.8 Å². The summed E-state index contributed by atoms with van der Waals surface area (Å²) in [5, 5.41) is 0.126. The quantitative estimate of drug-likeness (QED) is 0.614. The predicted octanol–water partition coefficient (Wildman–Crippen LogP) is 1.08. The number of halogens is 2. The van der Waals surface area contributed by atoms with Crippen molar-refractivity contribution in [1.82, 2.24) is 9.97 Å². The highest BCUT2D eigenvalue weighted by Gasteiger charge is 2.14. The minimum Gasteiger partial charge on any atom is -0.469 e. The van der Waals surface area contributed by atoms with Gasteiger partial charge in [0.15, 0.2) is 0 Å². The number of hydrogen-bond acceptors (Lipinski definition) is 5. The molecule has 7 heteroatoms. The second kappa shape index (κ2) is 4.43. The van der Waals surface area contributed by atoms with Crippen molar-refractivity contribution in [3.63, 3.8) is 0 Å². The second-order valence-corrected chi connectivity index (χ2v) is 3.11. The molecule has 0 aliphatic heterocycles. The van der Waals surface area contributed by atoms with Crippen LogP contribution in [0.3, 0.4) is 0 Å². The van der Waals surface area contributed by atoms with E-state index in [-0.39, 0.29) is 22.7 Å². The van der Waals surface area contributed by atoms with E-state index < -0.39 is 5.97 Å². The van der Waals surface area contributed by atoms with E-state index in [1.165, 1.54) is 7.11 Å². The Morgan fingerprint density at radius 2 is 1.93 bits per heavy atom. The highest BCUT2D eigenvalue weighted by Crippen LogP contribution is 2.22. The zero-order valence-electron chi connectivity index (χ0n) is 7.25. The minimum atomic E-state index is -0.470. The number of ether oxygens (including phenoxy) is 1. The van der Waals surface area contributed by atoms with Crippen molar-refractivity contribution in [3.05, 3.63) is 15.9 Å². The lowest BCUT2D eigenvalue weighted by Gasteiger charge is -2.04. The molecule has 0 aliphatic rings. The molecule has 5 nitrogen and oxygen atoms in total. The van der Waals surface area contributed by atoms with Crippen LogP contribution in [-0.4, -0.2) is 23.0 Å². The lowest BCUT2D eigenvalue weighted by Crippen LogP contribution is -2.08. The molecule has 0 fully saturated rings. The van der Waals surface area contributed by atoms with Gasteiger partial charge in [-0.1, -0.05) is 23.2 Å². The number of rotatable bonds is 2. The van der Waals surface area contributed by atoms with Crippen LogP contribution in [0.4, 0.5) is 5.95 Å². The van der Waals surface area contributed by atoms with E-state index >= 15 is 0 Å². The summed E-state index contributed by atoms with van der Waals surface area (Å²) in [6.45, 7) is 0. The van der Waals surface area contributed by atoms with E-state index in [2.05, 4.69) is 14.7 Å². The summed E-state index contributed by atoms with van der Waals surface area (Å²) < 4.78 is 4.45. The largest absolute Gasteiger partial charge is 0.469 e. The molecule has 0 saturated heterocycles. The summed E-state index contributed by atoms with van der Waals surface area (Å²) in [7, 11) is 1.27. The van der Waals surface area contributed by atoms with E-state index in [9.17, 15) is 4.79 Å². The van der Waals surface area contributed by atoms with Crippen LogP contribution >= 0.6 is 23.2 Å². The van der Waals surface area contributed by atoms with Gasteiger partial charge in [-0.3, -0.25) is 4.79 Å². The molecule has 0 atom stereocenters. The number of nitrogens with two attached hydrogens (primary N) is 1. The highest BCUT2D eigenvalue weighted by molar-refractivity contribution is 6.34. The van der Waals surface area contributed by atoms with Crippen LogP contribution in [-0.2, 0) is 16.0 Å². The molecule has 0 spiro atoms. The van der Waals surface area contributed by atoms with Crippen molar-refractivity contribution in [3.8, 4) is 0 Å². The smallest absolute Gasteiger partial charge is 0.310 e. The zero-order chi connectivity index (χ0) is 10.7. The molecule has 0 bridgehead atoms. The van der Waals surface area contributed by atoms with Crippen LogP contribution in [0.15, 0.2) is 0 Å². The van der Waals surface area contributed by atoms with Gasteiger partial charge in [0, 0.05) is 5.56 Å². The number of anilines is 1. The average Bonchev–Trinajstić information content (AvgIpc) is 2.10. The van der Waals surface area contributed by atoms with Gasteiger partial charge in [-0.05, 0) is 0 Å². The van der Waals surface area contributed by atoms with Gasteiger partial charge in [-0.15, -0.1) is 0 Å².